The van der Waals surface area contributed by atoms with Gasteiger partial charge in [-0.25, -0.2) is 0 Å². The summed E-state index contributed by atoms with van der Waals surface area (Å²) in [7, 11) is 1.64. The quantitative estimate of drug-likeness (QED) is 0.898. The molecule has 0 atom stereocenters. The summed E-state index contributed by atoms with van der Waals surface area (Å²) in [5, 5.41) is 0.997. The lowest BCUT2D eigenvalue weighted by atomic mass is 10.2. The van der Waals surface area contributed by atoms with Crippen LogP contribution in [0.15, 0.2) is 27.1 Å². The van der Waals surface area contributed by atoms with E-state index in [1.54, 1.807) is 7.11 Å². The van der Waals surface area contributed by atoms with Gasteiger partial charge in [0.25, 0.3) is 0 Å². The minimum Gasteiger partial charge on any atom is -0.497 e. The Balaban J connectivity index is 2.67. The fourth-order valence-corrected chi connectivity index (χ4v) is 1.89. The molecule has 0 spiro atoms. The summed E-state index contributed by atoms with van der Waals surface area (Å²) < 4.78 is 11.5. The average Bonchev–Trinajstić information content (AvgIpc) is 2.61. The molecule has 74 valence electrons. The van der Waals surface area contributed by atoms with Crippen molar-refractivity contribution in [1.82, 2.24) is 0 Å². The first-order chi connectivity index (χ1) is 6.74. The average molecular weight is 256 g/mol. The number of hydrogen-bond donors (Lipinski definition) is 1. The predicted molar refractivity (Wildman–Crippen MR) is 58.4 cm³/mol. The highest BCUT2D eigenvalue weighted by Gasteiger charge is 2.08. The minimum atomic E-state index is 0.406. The maximum atomic E-state index is 5.52. The van der Waals surface area contributed by atoms with Gasteiger partial charge in [-0.15, -0.1) is 0 Å². The summed E-state index contributed by atoms with van der Waals surface area (Å²) >= 11 is 3.42. The van der Waals surface area contributed by atoms with Gasteiger partial charge in [-0.2, -0.15) is 0 Å². The Morgan fingerprint density at radius 1 is 1.43 bits per heavy atom. The van der Waals surface area contributed by atoms with E-state index in [0.717, 1.165) is 27.0 Å². The first kappa shape index (κ1) is 9.55. The first-order valence-corrected chi connectivity index (χ1v) is 5.00. The monoisotopic (exact) mass is 255 g/mol. The highest BCUT2D eigenvalue weighted by molar-refractivity contribution is 9.10. The second-order valence-electron chi connectivity index (χ2n) is 2.94. The zero-order valence-electron chi connectivity index (χ0n) is 7.71. The molecule has 0 aliphatic heterocycles. The standard InChI is InChI=1S/C10H10BrNO2/c1-13-7-2-6-3-8(5-12)14-10(6)9(11)4-7/h2-4H,5,12H2,1H3. The van der Waals surface area contributed by atoms with E-state index in [1.165, 1.54) is 0 Å². The molecule has 0 aliphatic rings. The fraction of sp³-hybridized carbons (Fsp3) is 0.200. The smallest absolute Gasteiger partial charge is 0.148 e. The molecule has 1 aromatic heterocycles. The van der Waals surface area contributed by atoms with E-state index >= 15 is 0 Å². The van der Waals surface area contributed by atoms with Gasteiger partial charge in [-0.05, 0) is 34.1 Å². The number of benzene rings is 1. The highest BCUT2D eigenvalue weighted by atomic mass is 79.9. The third-order valence-corrected chi connectivity index (χ3v) is 2.62. The van der Waals surface area contributed by atoms with Crippen LogP contribution in [0.3, 0.4) is 0 Å². The van der Waals surface area contributed by atoms with Crippen molar-refractivity contribution in [2.75, 3.05) is 7.11 Å². The van der Waals surface area contributed by atoms with Gasteiger partial charge in [0.2, 0.25) is 0 Å². The molecule has 0 saturated heterocycles. The lowest BCUT2D eigenvalue weighted by Gasteiger charge is -1.99. The van der Waals surface area contributed by atoms with Crippen molar-refractivity contribution in [1.29, 1.82) is 0 Å². The van der Waals surface area contributed by atoms with Crippen molar-refractivity contribution < 1.29 is 9.15 Å². The molecule has 2 N–H and O–H groups in total. The van der Waals surface area contributed by atoms with Gasteiger partial charge < -0.3 is 14.9 Å². The number of furan rings is 1. The van der Waals surface area contributed by atoms with Crippen LogP contribution in [0.2, 0.25) is 0 Å². The molecule has 4 heteroatoms. The lowest BCUT2D eigenvalue weighted by molar-refractivity contribution is 0.415. The Hall–Kier alpha value is -1.00. The van der Waals surface area contributed by atoms with Gasteiger partial charge in [0, 0.05) is 5.39 Å². The number of fused-ring (bicyclic) bond motifs is 1. The van der Waals surface area contributed by atoms with E-state index in [1.807, 2.05) is 18.2 Å². The molecule has 2 rings (SSSR count). The van der Waals surface area contributed by atoms with E-state index in [2.05, 4.69) is 15.9 Å². The highest BCUT2D eigenvalue weighted by Crippen LogP contribution is 2.31. The third kappa shape index (κ3) is 1.51. The van der Waals surface area contributed by atoms with Crippen LogP contribution in [0.4, 0.5) is 0 Å². The molecular formula is C10H10BrNO2. The van der Waals surface area contributed by atoms with Crippen LogP contribution < -0.4 is 10.5 Å². The van der Waals surface area contributed by atoms with Crippen LogP contribution in [-0.4, -0.2) is 7.11 Å². The number of nitrogens with two attached hydrogens (primary N) is 1. The number of rotatable bonds is 2. The van der Waals surface area contributed by atoms with E-state index in [9.17, 15) is 0 Å². The molecule has 1 aromatic carbocycles. The normalized spacial score (nSPS) is 10.8. The number of methoxy groups -OCH3 is 1. The van der Waals surface area contributed by atoms with Crippen molar-refractivity contribution in [3.8, 4) is 5.75 Å². The van der Waals surface area contributed by atoms with Gasteiger partial charge in [0.1, 0.15) is 17.1 Å². The second kappa shape index (κ2) is 3.63. The van der Waals surface area contributed by atoms with Crippen molar-refractivity contribution in [3.63, 3.8) is 0 Å². The maximum Gasteiger partial charge on any atom is 0.148 e. The molecule has 0 amide bonds. The zero-order chi connectivity index (χ0) is 10.1. The zero-order valence-corrected chi connectivity index (χ0v) is 9.30. The van der Waals surface area contributed by atoms with Gasteiger partial charge in [-0.1, -0.05) is 0 Å². The van der Waals surface area contributed by atoms with Gasteiger partial charge in [0.15, 0.2) is 0 Å². The van der Waals surface area contributed by atoms with Crippen LogP contribution in [0.5, 0.6) is 5.75 Å². The largest absolute Gasteiger partial charge is 0.497 e. The minimum absolute atomic E-state index is 0.406. The van der Waals surface area contributed by atoms with Crippen LogP contribution in [0, 0.1) is 0 Å². The summed E-state index contributed by atoms with van der Waals surface area (Å²) in [4.78, 5) is 0. The number of hydrogen-bond acceptors (Lipinski definition) is 3. The molecule has 0 saturated carbocycles. The van der Waals surface area contributed by atoms with Crippen LogP contribution in [0.1, 0.15) is 5.76 Å². The van der Waals surface area contributed by atoms with Crippen molar-refractivity contribution in [3.05, 3.63) is 28.4 Å². The summed E-state index contributed by atoms with van der Waals surface area (Å²) in [6, 6.07) is 5.71. The topological polar surface area (TPSA) is 48.4 Å². The summed E-state index contributed by atoms with van der Waals surface area (Å²) in [5.41, 5.74) is 6.31. The maximum absolute atomic E-state index is 5.52. The molecule has 3 nitrogen and oxygen atoms in total. The molecule has 1 heterocycles. The van der Waals surface area contributed by atoms with Gasteiger partial charge in [0.05, 0.1) is 18.1 Å². The fourth-order valence-electron chi connectivity index (χ4n) is 1.36. The first-order valence-electron chi connectivity index (χ1n) is 4.20. The Bertz CT molecular complexity index is 464. The Labute approximate surface area is 90.0 Å². The summed E-state index contributed by atoms with van der Waals surface area (Å²) in [5.74, 6) is 1.57. The summed E-state index contributed by atoms with van der Waals surface area (Å²) in [6.45, 7) is 0.406. The lowest BCUT2D eigenvalue weighted by Crippen LogP contribution is -1.92. The molecule has 0 radical (unpaired) electrons. The molecule has 0 aliphatic carbocycles. The molecule has 0 unspecified atom stereocenters. The SMILES string of the molecule is COc1cc(Br)c2oc(CN)cc2c1. The summed E-state index contributed by atoms with van der Waals surface area (Å²) in [6.07, 6.45) is 0. The van der Waals surface area contributed by atoms with Crippen LogP contribution in [0.25, 0.3) is 11.0 Å². The molecule has 0 bridgehead atoms. The molecule has 2 aromatic rings. The third-order valence-electron chi connectivity index (χ3n) is 2.03. The Morgan fingerprint density at radius 2 is 2.21 bits per heavy atom. The van der Waals surface area contributed by atoms with Gasteiger partial charge >= 0.3 is 0 Å². The number of halogens is 1. The Morgan fingerprint density at radius 3 is 2.86 bits per heavy atom. The number of ether oxygens (including phenoxy) is 1. The second-order valence-corrected chi connectivity index (χ2v) is 3.80. The van der Waals surface area contributed by atoms with Crippen molar-refractivity contribution in [2.45, 2.75) is 6.54 Å². The van der Waals surface area contributed by atoms with E-state index in [0.29, 0.717) is 6.54 Å². The van der Waals surface area contributed by atoms with Crippen molar-refractivity contribution >= 4 is 26.9 Å². The van der Waals surface area contributed by atoms with E-state index < -0.39 is 0 Å². The van der Waals surface area contributed by atoms with E-state index in [-0.39, 0.29) is 0 Å². The molecule has 0 fully saturated rings. The van der Waals surface area contributed by atoms with E-state index in [4.69, 9.17) is 14.9 Å². The molecule has 14 heavy (non-hydrogen) atoms. The van der Waals surface area contributed by atoms with Crippen LogP contribution in [-0.2, 0) is 6.54 Å². The van der Waals surface area contributed by atoms with Gasteiger partial charge in [-0.3, -0.25) is 0 Å². The van der Waals surface area contributed by atoms with Crippen LogP contribution >= 0.6 is 15.9 Å². The Kier molecular flexibility index (Phi) is 2.48. The molecular weight excluding hydrogens is 246 g/mol. The van der Waals surface area contributed by atoms with Crippen molar-refractivity contribution in [2.24, 2.45) is 5.73 Å². The predicted octanol–water partition coefficient (Wildman–Crippen LogP) is 2.66.